The number of halogens is 3. The Balaban J connectivity index is 0.000000301. The summed E-state index contributed by atoms with van der Waals surface area (Å²) in [6.07, 6.45) is 5.92. The third kappa shape index (κ3) is 10.1. The molecule has 0 spiro atoms. The molecule has 2 aliphatic heterocycles. The molecule has 0 amide bonds. The van der Waals surface area contributed by atoms with Gasteiger partial charge in [0.2, 0.25) is 5.82 Å². The second kappa shape index (κ2) is 19.1. The topological polar surface area (TPSA) is 98.9 Å². The van der Waals surface area contributed by atoms with E-state index in [0.717, 1.165) is 85.8 Å². The Kier molecular flexibility index (Phi) is 16.4. The van der Waals surface area contributed by atoms with Crippen LogP contribution in [0.25, 0.3) is 0 Å². The molecular formula is C34H36BrCl2MgN7O. The second-order valence-corrected chi connectivity index (χ2v) is 11.4. The molecule has 0 bridgehead atoms. The van der Waals surface area contributed by atoms with Crippen molar-refractivity contribution in [2.24, 2.45) is 0 Å². The largest absolute Gasteiger partial charge is 2.00 e. The van der Waals surface area contributed by atoms with Crippen LogP contribution in [0.15, 0.2) is 60.7 Å². The van der Waals surface area contributed by atoms with Crippen LogP contribution in [-0.2, 0) is 12.8 Å². The van der Waals surface area contributed by atoms with Crippen molar-refractivity contribution in [3.8, 4) is 6.07 Å². The van der Waals surface area contributed by atoms with Gasteiger partial charge in [-0.25, -0.2) is 19.9 Å². The minimum absolute atomic E-state index is 0. The van der Waals surface area contributed by atoms with Crippen molar-refractivity contribution < 1.29 is 21.8 Å². The van der Waals surface area contributed by atoms with Gasteiger partial charge in [-0.2, -0.15) is 5.26 Å². The van der Waals surface area contributed by atoms with E-state index >= 15 is 0 Å². The van der Waals surface area contributed by atoms with Crippen LogP contribution in [0, 0.1) is 18.8 Å². The van der Waals surface area contributed by atoms with Gasteiger partial charge in [0.1, 0.15) is 28.0 Å². The molecule has 0 unspecified atom stereocenters. The number of ketones is 1. The fourth-order valence-corrected chi connectivity index (χ4v) is 5.85. The van der Waals surface area contributed by atoms with E-state index in [1.165, 1.54) is 6.92 Å². The monoisotopic (exact) mass is 731 g/mol. The second-order valence-electron chi connectivity index (χ2n) is 10.7. The smallest absolute Gasteiger partial charge is 1.00 e. The fourth-order valence-electron chi connectivity index (χ4n) is 5.38. The number of Topliss-reactive ketones (excluding diaryl/α,β-unsaturated/α-hetero) is 1. The average molecular weight is 734 g/mol. The number of rotatable bonds is 7. The zero-order valence-corrected chi connectivity index (χ0v) is 30.7. The molecule has 4 heterocycles. The van der Waals surface area contributed by atoms with Crippen LogP contribution in [0.4, 0.5) is 11.6 Å². The van der Waals surface area contributed by atoms with Gasteiger partial charge in [0.05, 0.1) is 0 Å². The molecule has 0 aliphatic carbocycles. The first-order valence-corrected chi connectivity index (χ1v) is 15.3. The predicted octanol–water partition coefficient (Wildman–Crippen LogP) is 3.79. The van der Waals surface area contributed by atoms with Crippen molar-refractivity contribution in [3.05, 3.63) is 112 Å². The van der Waals surface area contributed by atoms with Gasteiger partial charge in [-0.1, -0.05) is 83.9 Å². The zero-order chi connectivity index (χ0) is 30.2. The number of hydrogen-bond donors (Lipinski definition) is 0. The van der Waals surface area contributed by atoms with E-state index in [4.69, 9.17) is 28.5 Å². The third-order valence-electron chi connectivity index (χ3n) is 7.54. The summed E-state index contributed by atoms with van der Waals surface area (Å²) in [5.74, 6) is 1.80. The molecule has 8 nitrogen and oxygen atoms in total. The first kappa shape index (κ1) is 39.4. The Hall–Kier alpha value is -2.81. The summed E-state index contributed by atoms with van der Waals surface area (Å²) < 4.78 is 0. The Morgan fingerprint density at radius 1 is 0.739 bits per heavy atom. The number of carbonyl (C=O) groups is 1. The van der Waals surface area contributed by atoms with Crippen molar-refractivity contribution in [1.29, 1.82) is 5.26 Å². The van der Waals surface area contributed by atoms with Crippen molar-refractivity contribution in [2.45, 2.75) is 45.4 Å². The van der Waals surface area contributed by atoms with E-state index in [0.29, 0.717) is 23.1 Å². The molecule has 2 aromatic heterocycles. The van der Waals surface area contributed by atoms with Crippen LogP contribution < -0.4 is 26.8 Å². The molecular weight excluding hydrogens is 698 g/mol. The van der Waals surface area contributed by atoms with E-state index in [1.807, 2.05) is 42.5 Å². The predicted molar refractivity (Wildman–Crippen MR) is 182 cm³/mol. The molecule has 2 fully saturated rings. The van der Waals surface area contributed by atoms with Crippen LogP contribution in [0.1, 0.15) is 71.3 Å². The van der Waals surface area contributed by atoms with E-state index in [1.54, 1.807) is 0 Å². The van der Waals surface area contributed by atoms with Gasteiger partial charge in [-0.15, -0.1) is 0 Å². The Labute approximate surface area is 308 Å². The van der Waals surface area contributed by atoms with Crippen molar-refractivity contribution in [2.75, 3.05) is 36.0 Å². The zero-order valence-electron chi connectivity index (χ0n) is 26.2. The van der Waals surface area contributed by atoms with Crippen LogP contribution in [0.5, 0.6) is 0 Å². The first-order chi connectivity index (χ1) is 20.9. The van der Waals surface area contributed by atoms with E-state index in [9.17, 15) is 4.79 Å². The van der Waals surface area contributed by atoms with Crippen molar-refractivity contribution in [1.82, 2.24) is 19.9 Å². The summed E-state index contributed by atoms with van der Waals surface area (Å²) in [5.41, 5.74) is 4.13. The van der Waals surface area contributed by atoms with Gasteiger partial charge in [0, 0.05) is 57.1 Å². The molecule has 0 radical (unpaired) electrons. The van der Waals surface area contributed by atoms with Gasteiger partial charge < -0.3 is 34.2 Å². The molecule has 0 N–H and O–H groups in total. The Morgan fingerprint density at radius 3 is 1.57 bits per heavy atom. The molecule has 0 saturated carbocycles. The third-order valence-corrected chi connectivity index (χ3v) is 8.17. The van der Waals surface area contributed by atoms with Crippen LogP contribution >= 0.6 is 23.2 Å². The summed E-state index contributed by atoms with van der Waals surface area (Å²) >= 11 is 12.7. The summed E-state index contributed by atoms with van der Waals surface area (Å²) in [6, 6.07) is 22.2. The van der Waals surface area contributed by atoms with Gasteiger partial charge in [-0.05, 0) is 36.8 Å². The summed E-state index contributed by atoms with van der Waals surface area (Å²) in [5, 5.41) is 9.82. The standard InChI is InChI=1S/C17H18ClN3O.C16H15ClN4.CH3.BrH.Mg/c1-12(22)16-19-15(18)14(11-13-7-3-2-4-8-13)17(20-16)21-9-5-6-10-21;17-15-13(10-12-6-2-1-3-7-12)16(20-14(11-18)19-15)21-8-4-5-9-21;;;/h2-4,7-8H,5-6,9-11H2,1H3;1-3,6-7H,4-5,8-10H2;1H3;1H;/q;;-1;;+2/p-1. The van der Waals surface area contributed by atoms with Gasteiger partial charge in [-0.3, -0.25) is 4.79 Å². The summed E-state index contributed by atoms with van der Waals surface area (Å²) in [7, 11) is 0. The number of carbonyl (C=O) groups excluding carboxylic acids is 1. The maximum Gasteiger partial charge on any atom is 2.00 e. The molecule has 6 rings (SSSR count). The minimum atomic E-state index is -0.159. The van der Waals surface area contributed by atoms with Crippen molar-refractivity contribution in [3.63, 3.8) is 0 Å². The molecule has 0 atom stereocenters. The normalized spacial score (nSPS) is 13.3. The molecule has 46 heavy (non-hydrogen) atoms. The number of hydrogen-bond acceptors (Lipinski definition) is 8. The number of aromatic nitrogens is 4. The number of benzene rings is 2. The maximum atomic E-state index is 11.6. The SMILES string of the molecule is CC(=O)c1nc(Cl)c(Cc2ccccc2)c(N2CCCC2)n1.N#Cc1nc(Cl)c(Cc2ccccc2)c(N2CCCC2)n1.[Br-].[CH3-].[Mg+2]. The van der Waals surface area contributed by atoms with Crippen LogP contribution in [0.2, 0.25) is 10.3 Å². The van der Waals surface area contributed by atoms with E-state index < -0.39 is 0 Å². The molecule has 236 valence electrons. The average Bonchev–Trinajstić information content (AvgIpc) is 3.76. The van der Waals surface area contributed by atoms with Gasteiger partial charge in [0.25, 0.3) is 0 Å². The van der Waals surface area contributed by atoms with E-state index in [-0.39, 0.29) is 64.9 Å². The molecule has 2 aliphatic rings. The van der Waals surface area contributed by atoms with Crippen LogP contribution in [0.3, 0.4) is 0 Å². The Morgan fingerprint density at radius 2 is 1.15 bits per heavy atom. The number of nitrogens with zero attached hydrogens (tertiary/aromatic N) is 7. The quantitative estimate of drug-likeness (QED) is 0.123. The van der Waals surface area contributed by atoms with Crippen LogP contribution in [-0.4, -0.2) is 75.0 Å². The minimum Gasteiger partial charge on any atom is -1.00 e. The number of anilines is 2. The van der Waals surface area contributed by atoms with Gasteiger partial charge in [0.15, 0.2) is 11.6 Å². The first-order valence-electron chi connectivity index (χ1n) is 14.5. The maximum absolute atomic E-state index is 11.6. The number of nitriles is 1. The summed E-state index contributed by atoms with van der Waals surface area (Å²) in [4.78, 5) is 33.2. The summed E-state index contributed by atoms with van der Waals surface area (Å²) in [6.45, 7) is 5.29. The van der Waals surface area contributed by atoms with E-state index in [2.05, 4.69) is 54.0 Å². The van der Waals surface area contributed by atoms with Crippen molar-refractivity contribution >= 4 is 63.7 Å². The molecule has 2 aromatic carbocycles. The fraction of sp³-hybridized carbons (Fsp3) is 0.324. The molecule has 4 aromatic rings. The molecule has 2 saturated heterocycles. The Bertz CT molecular complexity index is 1610. The molecule has 12 heteroatoms. The van der Waals surface area contributed by atoms with Gasteiger partial charge >= 0.3 is 23.1 Å².